The van der Waals surface area contributed by atoms with E-state index in [4.69, 9.17) is 4.74 Å². The first kappa shape index (κ1) is 20.6. The van der Waals surface area contributed by atoms with Crippen molar-refractivity contribution in [1.29, 1.82) is 0 Å². The maximum Gasteiger partial charge on any atom is 0.338 e. The Kier molecular flexibility index (Phi) is 5.97. The number of hydrogen-bond donors (Lipinski definition) is 1. The second-order valence-electron chi connectivity index (χ2n) is 7.54. The minimum absolute atomic E-state index is 0.159. The average Bonchev–Trinajstić information content (AvgIpc) is 3.43. The van der Waals surface area contributed by atoms with Crippen LogP contribution in [0.3, 0.4) is 0 Å². The fourth-order valence-corrected chi connectivity index (χ4v) is 3.78. The number of carbonyl (C=O) groups is 4. The molecule has 0 aromatic heterocycles. The van der Waals surface area contributed by atoms with Crippen molar-refractivity contribution in [2.24, 2.45) is 0 Å². The number of rotatable bonds is 6. The van der Waals surface area contributed by atoms with Gasteiger partial charge in [0.2, 0.25) is 11.8 Å². The molecule has 0 radical (unpaired) electrons. The molecule has 2 fully saturated rings. The van der Waals surface area contributed by atoms with E-state index in [1.54, 1.807) is 12.1 Å². The lowest BCUT2D eigenvalue weighted by molar-refractivity contribution is -0.121. The fraction of sp³-hybridized carbons (Fsp3) is 0.304. The van der Waals surface area contributed by atoms with Gasteiger partial charge in [0, 0.05) is 37.3 Å². The number of ether oxygens (including phenoxy) is 1. The van der Waals surface area contributed by atoms with Crippen molar-refractivity contribution in [3.63, 3.8) is 0 Å². The summed E-state index contributed by atoms with van der Waals surface area (Å²) in [5, 5.41) is 2.70. The van der Waals surface area contributed by atoms with Crippen molar-refractivity contribution in [1.82, 2.24) is 0 Å². The quantitative estimate of drug-likeness (QED) is 0.569. The average molecular weight is 421 g/mol. The van der Waals surface area contributed by atoms with Gasteiger partial charge in [-0.2, -0.15) is 0 Å². The van der Waals surface area contributed by atoms with Crippen LogP contribution in [0.1, 0.15) is 36.0 Å². The maximum absolute atomic E-state index is 12.3. The molecule has 8 nitrogen and oxygen atoms in total. The number of imide groups is 1. The van der Waals surface area contributed by atoms with Crippen LogP contribution in [0.5, 0.6) is 0 Å². The highest BCUT2D eigenvalue weighted by Gasteiger charge is 2.30. The number of anilines is 3. The van der Waals surface area contributed by atoms with Gasteiger partial charge in [0.15, 0.2) is 6.61 Å². The Hall–Kier alpha value is -3.68. The molecule has 1 N–H and O–H groups in total. The van der Waals surface area contributed by atoms with Crippen LogP contribution in [0.25, 0.3) is 0 Å². The lowest BCUT2D eigenvalue weighted by Crippen LogP contribution is -2.28. The van der Waals surface area contributed by atoms with Gasteiger partial charge in [-0.05, 0) is 55.3 Å². The molecule has 8 heteroatoms. The second kappa shape index (κ2) is 8.99. The number of nitrogens with zero attached hydrogens (tertiary/aromatic N) is 2. The number of esters is 1. The molecule has 0 unspecified atom stereocenters. The molecule has 0 spiro atoms. The monoisotopic (exact) mass is 421 g/mol. The Morgan fingerprint density at radius 3 is 2.26 bits per heavy atom. The van der Waals surface area contributed by atoms with E-state index in [0.717, 1.165) is 23.7 Å². The third kappa shape index (κ3) is 4.74. The first-order chi connectivity index (χ1) is 15.0. The summed E-state index contributed by atoms with van der Waals surface area (Å²) >= 11 is 0. The molecule has 0 aliphatic carbocycles. The summed E-state index contributed by atoms with van der Waals surface area (Å²) < 4.78 is 5.09. The largest absolute Gasteiger partial charge is 0.452 e. The highest BCUT2D eigenvalue weighted by molar-refractivity contribution is 6.20. The highest BCUT2D eigenvalue weighted by atomic mass is 16.5. The van der Waals surface area contributed by atoms with Crippen LogP contribution in [0.15, 0.2) is 48.5 Å². The minimum atomic E-state index is -0.708. The van der Waals surface area contributed by atoms with Crippen molar-refractivity contribution in [2.45, 2.75) is 25.7 Å². The summed E-state index contributed by atoms with van der Waals surface area (Å²) in [4.78, 5) is 51.6. The molecule has 2 aromatic rings. The molecule has 4 rings (SSSR count). The molecule has 3 amide bonds. The Morgan fingerprint density at radius 2 is 1.58 bits per heavy atom. The van der Waals surface area contributed by atoms with Gasteiger partial charge in [0.25, 0.3) is 5.91 Å². The molecule has 31 heavy (non-hydrogen) atoms. The molecule has 2 aliphatic rings. The van der Waals surface area contributed by atoms with Crippen LogP contribution in [-0.2, 0) is 19.1 Å². The van der Waals surface area contributed by atoms with E-state index in [9.17, 15) is 19.2 Å². The molecule has 0 saturated carbocycles. The summed E-state index contributed by atoms with van der Waals surface area (Å²) in [6.45, 7) is 1.64. The first-order valence-corrected chi connectivity index (χ1v) is 10.3. The zero-order chi connectivity index (χ0) is 21.8. The van der Waals surface area contributed by atoms with Crippen molar-refractivity contribution in [3.05, 3.63) is 54.1 Å². The molecule has 2 aliphatic heterocycles. The normalized spacial score (nSPS) is 16.0. The standard InChI is InChI=1S/C23H23N3O5/c27-20(24-17-6-8-18(9-7-17)25-12-1-2-13-25)15-31-23(30)16-4-3-5-19(14-16)26-21(28)10-11-22(26)29/h3-9,14H,1-2,10-13,15H2,(H,24,27). The van der Waals surface area contributed by atoms with E-state index in [1.807, 2.05) is 24.3 Å². The topological polar surface area (TPSA) is 96.0 Å². The van der Waals surface area contributed by atoms with E-state index >= 15 is 0 Å². The van der Waals surface area contributed by atoms with Gasteiger partial charge in [-0.3, -0.25) is 19.3 Å². The van der Waals surface area contributed by atoms with E-state index in [-0.39, 0.29) is 30.2 Å². The van der Waals surface area contributed by atoms with Gasteiger partial charge < -0.3 is 15.0 Å². The zero-order valence-electron chi connectivity index (χ0n) is 17.0. The molecular formula is C23H23N3O5. The van der Waals surface area contributed by atoms with Gasteiger partial charge in [0.1, 0.15) is 0 Å². The fourth-order valence-electron chi connectivity index (χ4n) is 3.78. The Labute approximate surface area is 179 Å². The summed E-state index contributed by atoms with van der Waals surface area (Å²) in [5.41, 5.74) is 2.23. The molecule has 0 atom stereocenters. The van der Waals surface area contributed by atoms with Gasteiger partial charge >= 0.3 is 5.97 Å². The smallest absolute Gasteiger partial charge is 0.338 e. The Balaban J connectivity index is 1.31. The molecule has 0 bridgehead atoms. The lowest BCUT2D eigenvalue weighted by atomic mass is 10.2. The number of nitrogens with one attached hydrogen (secondary N) is 1. The van der Waals surface area contributed by atoms with Crippen LogP contribution < -0.4 is 15.1 Å². The van der Waals surface area contributed by atoms with E-state index in [0.29, 0.717) is 11.4 Å². The SMILES string of the molecule is O=C(COC(=O)c1cccc(N2C(=O)CCC2=O)c1)Nc1ccc(N2CCCC2)cc1. The van der Waals surface area contributed by atoms with Crippen LogP contribution >= 0.6 is 0 Å². The molecule has 160 valence electrons. The van der Waals surface area contributed by atoms with E-state index in [1.165, 1.54) is 25.0 Å². The molecule has 2 aromatic carbocycles. The van der Waals surface area contributed by atoms with Crippen LogP contribution in [0.2, 0.25) is 0 Å². The van der Waals surface area contributed by atoms with Crippen molar-refractivity contribution < 1.29 is 23.9 Å². The van der Waals surface area contributed by atoms with Gasteiger partial charge in [0.05, 0.1) is 11.3 Å². The van der Waals surface area contributed by atoms with Crippen LogP contribution in [-0.4, -0.2) is 43.4 Å². The zero-order valence-corrected chi connectivity index (χ0v) is 17.0. The number of carbonyl (C=O) groups excluding carboxylic acids is 4. The summed E-state index contributed by atoms with van der Waals surface area (Å²) in [7, 11) is 0. The highest BCUT2D eigenvalue weighted by Crippen LogP contribution is 2.24. The second-order valence-corrected chi connectivity index (χ2v) is 7.54. The first-order valence-electron chi connectivity index (χ1n) is 10.3. The van der Waals surface area contributed by atoms with Crippen LogP contribution in [0.4, 0.5) is 17.1 Å². The maximum atomic E-state index is 12.3. The summed E-state index contributed by atoms with van der Waals surface area (Å²) in [6, 6.07) is 13.6. The third-order valence-corrected chi connectivity index (χ3v) is 5.35. The van der Waals surface area contributed by atoms with Gasteiger partial charge in [-0.25, -0.2) is 4.79 Å². The van der Waals surface area contributed by atoms with Crippen molar-refractivity contribution in [2.75, 3.05) is 34.8 Å². The van der Waals surface area contributed by atoms with Gasteiger partial charge in [-0.1, -0.05) is 6.07 Å². The summed E-state index contributed by atoms with van der Waals surface area (Å²) in [6.07, 6.45) is 2.70. The van der Waals surface area contributed by atoms with E-state index in [2.05, 4.69) is 10.2 Å². The molecular weight excluding hydrogens is 398 g/mol. The summed E-state index contributed by atoms with van der Waals surface area (Å²) in [5.74, 6) is -1.76. The van der Waals surface area contributed by atoms with Gasteiger partial charge in [-0.15, -0.1) is 0 Å². The third-order valence-electron chi connectivity index (χ3n) is 5.35. The van der Waals surface area contributed by atoms with Crippen molar-refractivity contribution >= 4 is 40.8 Å². The molecule has 2 heterocycles. The minimum Gasteiger partial charge on any atom is -0.452 e. The Morgan fingerprint density at radius 1 is 0.903 bits per heavy atom. The van der Waals surface area contributed by atoms with Crippen molar-refractivity contribution in [3.8, 4) is 0 Å². The van der Waals surface area contributed by atoms with Crippen LogP contribution in [0, 0.1) is 0 Å². The number of benzene rings is 2. The number of amides is 3. The lowest BCUT2D eigenvalue weighted by Gasteiger charge is -2.17. The number of hydrogen-bond acceptors (Lipinski definition) is 6. The van der Waals surface area contributed by atoms with E-state index < -0.39 is 18.5 Å². The molecule has 2 saturated heterocycles. The predicted octanol–water partition coefficient (Wildman–Crippen LogP) is 2.74. The predicted molar refractivity (Wildman–Crippen MR) is 115 cm³/mol. The Bertz CT molecular complexity index is 996.